The molecule has 0 unspecified atom stereocenters. The first-order chi connectivity index (χ1) is 9.65. The Kier molecular flexibility index (Phi) is 5.01. The smallest absolute Gasteiger partial charge is 0.338 e. The summed E-state index contributed by atoms with van der Waals surface area (Å²) in [5.41, 5.74) is 6.63. The Labute approximate surface area is 125 Å². The Morgan fingerprint density at radius 3 is 2.55 bits per heavy atom. The molecule has 0 aliphatic heterocycles. The SMILES string of the molecule is Nc1ccc(C(=O)OCCOc2cccc(Br)c2)cc1. The standard InChI is InChI=1S/C15H14BrNO3/c16-12-2-1-3-14(10-12)19-8-9-20-15(18)11-4-6-13(17)7-5-11/h1-7,10H,8-9,17H2. The quantitative estimate of drug-likeness (QED) is 0.517. The molecule has 2 aromatic carbocycles. The molecule has 0 saturated carbocycles. The van der Waals surface area contributed by atoms with Gasteiger partial charge >= 0.3 is 5.97 Å². The molecule has 104 valence electrons. The first-order valence-corrected chi connectivity index (χ1v) is 6.85. The number of carbonyl (C=O) groups excluding carboxylic acids is 1. The number of hydrogen-bond donors (Lipinski definition) is 1. The lowest BCUT2D eigenvalue weighted by molar-refractivity contribution is 0.0450. The van der Waals surface area contributed by atoms with Crippen molar-refractivity contribution in [3.05, 3.63) is 58.6 Å². The van der Waals surface area contributed by atoms with Crippen LogP contribution >= 0.6 is 15.9 Å². The number of hydrogen-bond acceptors (Lipinski definition) is 4. The molecule has 0 spiro atoms. The largest absolute Gasteiger partial charge is 0.490 e. The van der Waals surface area contributed by atoms with Gasteiger partial charge in [0.25, 0.3) is 0 Å². The van der Waals surface area contributed by atoms with Crippen LogP contribution in [0.2, 0.25) is 0 Å². The van der Waals surface area contributed by atoms with Crippen molar-refractivity contribution in [1.29, 1.82) is 0 Å². The summed E-state index contributed by atoms with van der Waals surface area (Å²) >= 11 is 3.36. The van der Waals surface area contributed by atoms with Crippen molar-refractivity contribution in [3.63, 3.8) is 0 Å². The molecular formula is C15H14BrNO3. The summed E-state index contributed by atoms with van der Waals surface area (Å²) in [6.07, 6.45) is 0. The molecule has 2 N–H and O–H groups in total. The van der Waals surface area contributed by atoms with Crippen LogP contribution < -0.4 is 10.5 Å². The molecule has 0 heterocycles. The highest BCUT2D eigenvalue weighted by molar-refractivity contribution is 9.10. The molecule has 20 heavy (non-hydrogen) atoms. The molecule has 0 aromatic heterocycles. The Bertz CT molecular complexity index is 584. The molecule has 0 aliphatic carbocycles. The first-order valence-electron chi connectivity index (χ1n) is 6.06. The number of rotatable bonds is 5. The minimum atomic E-state index is -0.386. The van der Waals surface area contributed by atoms with Gasteiger partial charge in [-0.25, -0.2) is 4.79 Å². The summed E-state index contributed by atoms with van der Waals surface area (Å²) in [6.45, 7) is 0.493. The summed E-state index contributed by atoms with van der Waals surface area (Å²) < 4.78 is 11.5. The molecule has 0 saturated heterocycles. The second-order valence-corrected chi connectivity index (χ2v) is 4.98. The predicted molar refractivity (Wildman–Crippen MR) is 80.8 cm³/mol. The average Bonchev–Trinajstić information content (AvgIpc) is 2.44. The third-order valence-corrected chi connectivity index (χ3v) is 3.02. The van der Waals surface area contributed by atoms with Gasteiger partial charge in [0.2, 0.25) is 0 Å². The van der Waals surface area contributed by atoms with Gasteiger partial charge in [0.15, 0.2) is 0 Å². The van der Waals surface area contributed by atoms with Crippen LogP contribution in [0.25, 0.3) is 0 Å². The fourth-order valence-electron chi connectivity index (χ4n) is 1.55. The second kappa shape index (κ2) is 6.96. The molecule has 2 rings (SSSR count). The van der Waals surface area contributed by atoms with E-state index in [2.05, 4.69) is 15.9 Å². The van der Waals surface area contributed by atoms with Crippen molar-refractivity contribution in [2.45, 2.75) is 0 Å². The van der Waals surface area contributed by atoms with Crippen LogP contribution in [0.1, 0.15) is 10.4 Å². The molecule has 0 radical (unpaired) electrons. The van der Waals surface area contributed by atoms with Crippen LogP contribution in [-0.4, -0.2) is 19.2 Å². The van der Waals surface area contributed by atoms with Gasteiger partial charge in [-0.3, -0.25) is 0 Å². The van der Waals surface area contributed by atoms with E-state index in [9.17, 15) is 4.79 Å². The lowest BCUT2D eigenvalue weighted by Gasteiger charge is -2.07. The summed E-state index contributed by atoms with van der Waals surface area (Å²) in [7, 11) is 0. The number of ether oxygens (including phenoxy) is 2. The van der Waals surface area contributed by atoms with Crippen molar-refractivity contribution in [2.24, 2.45) is 0 Å². The highest BCUT2D eigenvalue weighted by Crippen LogP contribution is 2.17. The molecule has 0 fully saturated rings. The van der Waals surface area contributed by atoms with Gasteiger partial charge in [0, 0.05) is 10.2 Å². The van der Waals surface area contributed by atoms with E-state index < -0.39 is 0 Å². The highest BCUT2D eigenvalue weighted by atomic mass is 79.9. The number of nitrogens with two attached hydrogens (primary N) is 1. The number of nitrogen functional groups attached to an aromatic ring is 1. The number of carbonyl (C=O) groups is 1. The van der Waals surface area contributed by atoms with Crippen molar-refractivity contribution < 1.29 is 14.3 Å². The fraction of sp³-hybridized carbons (Fsp3) is 0.133. The van der Waals surface area contributed by atoms with Crippen LogP contribution in [0.5, 0.6) is 5.75 Å². The summed E-state index contributed by atoms with van der Waals surface area (Å²) in [4.78, 5) is 11.7. The van der Waals surface area contributed by atoms with Gasteiger partial charge in [0.1, 0.15) is 19.0 Å². The van der Waals surface area contributed by atoms with Crippen molar-refractivity contribution in [2.75, 3.05) is 18.9 Å². The first kappa shape index (κ1) is 14.4. The Morgan fingerprint density at radius 1 is 1.10 bits per heavy atom. The van der Waals surface area contributed by atoms with Gasteiger partial charge in [-0.2, -0.15) is 0 Å². The number of anilines is 1. The number of halogens is 1. The molecule has 0 bridgehead atoms. The van der Waals surface area contributed by atoms with Crippen LogP contribution in [-0.2, 0) is 4.74 Å². The molecule has 4 nitrogen and oxygen atoms in total. The zero-order valence-electron chi connectivity index (χ0n) is 10.7. The maximum absolute atomic E-state index is 11.7. The van der Waals surface area contributed by atoms with E-state index in [1.807, 2.05) is 24.3 Å². The topological polar surface area (TPSA) is 61.6 Å². The third-order valence-electron chi connectivity index (χ3n) is 2.53. The van der Waals surface area contributed by atoms with Crippen molar-refractivity contribution in [3.8, 4) is 5.75 Å². The normalized spacial score (nSPS) is 10.1. The van der Waals surface area contributed by atoms with Gasteiger partial charge in [-0.15, -0.1) is 0 Å². The van der Waals surface area contributed by atoms with Crippen LogP contribution in [0.4, 0.5) is 5.69 Å². The van der Waals surface area contributed by atoms with Crippen molar-refractivity contribution >= 4 is 27.6 Å². The monoisotopic (exact) mass is 335 g/mol. The summed E-state index contributed by atoms with van der Waals surface area (Å²) in [5.74, 6) is 0.339. The maximum Gasteiger partial charge on any atom is 0.338 e. The molecule has 0 amide bonds. The minimum absolute atomic E-state index is 0.190. The second-order valence-electron chi connectivity index (χ2n) is 4.06. The van der Waals surface area contributed by atoms with Crippen LogP contribution in [0, 0.1) is 0 Å². The molecule has 0 atom stereocenters. The van der Waals surface area contributed by atoms with E-state index in [0.29, 0.717) is 17.9 Å². The Morgan fingerprint density at radius 2 is 1.85 bits per heavy atom. The third kappa shape index (κ3) is 4.28. The van der Waals surface area contributed by atoms with E-state index in [1.165, 1.54) is 0 Å². The molecule has 0 aliphatic rings. The van der Waals surface area contributed by atoms with E-state index in [4.69, 9.17) is 15.2 Å². The van der Waals surface area contributed by atoms with Crippen LogP contribution in [0.15, 0.2) is 53.0 Å². The molecule has 5 heteroatoms. The van der Waals surface area contributed by atoms with E-state index >= 15 is 0 Å². The Balaban J connectivity index is 1.76. The van der Waals surface area contributed by atoms with E-state index in [1.54, 1.807) is 24.3 Å². The average molecular weight is 336 g/mol. The number of benzene rings is 2. The summed E-state index contributed by atoms with van der Waals surface area (Å²) in [5, 5.41) is 0. The van der Waals surface area contributed by atoms with Gasteiger partial charge in [-0.05, 0) is 42.5 Å². The minimum Gasteiger partial charge on any atom is -0.490 e. The number of esters is 1. The predicted octanol–water partition coefficient (Wildman–Crippen LogP) is 3.27. The molecular weight excluding hydrogens is 322 g/mol. The fourth-order valence-corrected chi connectivity index (χ4v) is 1.93. The zero-order chi connectivity index (χ0) is 14.4. The molecule has 2 aromatic rings. The van der Waals surface area contributed by atoms with E-state index in [0.717, 1.165) is 10.2 Å². The van der Waals surface area contributed by atoms with Gasteiger partial charge < -0.3 is 15.2 Å². The summed E-state index contributed by atoms with van der Waals surface area (Å²) in [6, 6.07) is 14.1. The maximum atomic E-state index is 11.7. The van der Waals surface area contributed by atoms with Crippen molar-refractivity contribution in [1.82, 2.24) is 0 Å². The Hall–Kier alpha value is -2.01. The zero-order valence-corrected chi connectivity index (χ0v) is 12.3. The lowest BCUT2D eigenvalue weighted by Crippen LogP contribution is -2.12. The highest BCUT2D eigenvalue weighted by Gasteiger charge is 2.06. The van der Waals surface area contributed by atoms with Crippen LogP contribution in [0.3, 0.4) is 0 Å². The van der Waals surface area contributed by atoms with Gasteiger partial charge in [0.05, 0.1) is 5.56 Å². The lowest BCUT2D eigenvalue weighted by atomic mass is 10.2. The van der Waals surface area contributed by atoms with Gasteiger partial charge in [-0.1, -0.05) is 22.0 Å². The van der Waals surface area contributed by atoms with E-state index in [-0.39, 0.29) is 12.6 Å².